The Labute approximate surface area is 122 Å². The second kappa shape index (κ2) is 6.92. The molecule has 0 aromatic heterocycles. The zero-order valence-corrected chi connectivity index (χ0v) is 11.9. The van der Waals surface area contributed by atoms with Gasteiger partial charge >= 0.3 is 0 Å². The Bertz CT molecular complexity index is 603. The van der Waals surface area contributed by atoms with Crippen LogP contribution in [-0.2, 0) is 6.54 Å². The predicted molar refractivity (Wildman–Crippen MR) is 78.3 cm³/mol. The smallest absolute Gasteiger partial charge is 0.263 e. The second-order valence-corrected chi connectivity index (χ2v) is 4.47. The van der Waals surface area contributed by atoms with E-state index >= 15 is 0 Å². The molecule has 0 aliphatic carbocycles. The summed E-state index contributed by atoms with van der Waals surface area (Å²) in [6.45, 7) is 0.454. The summed E-state index contributed by atoms with van der Waals surface area (Å²) >= 11 is 0. The fraction of sp³-hybridized carbons (Fsp3) is 0.250. The summed E-state index contributed by atoms with van der Waals surface area (Å²) < 4.78 is 35.7. The van der Waals surface area contributed by atoms with E-state index in [0.29, 0.717) is 18.0 Å². The molecule has 0 atom stereocenters. The molecule has 3 nitrogen and oxygen atoms in total. The standard InChI is InChI=1S/C16H17F2NO2/c1-20-14-7-6-13(9-15(14)21-2)19-10-11-4-3-5-12(8-11)16(17)18/h3-9,16,19H,10H2,1-2H3. The zero-order valence-electron chi connectivity index (χ0n) is 11.9. The number of halogens is 2. The third-order valence-corrected chi connectivity index (χ3v) is 3.08. The van der Waals surface area contributed by atoms with E-state index in [2.05, 4.69) is 5.32 Å². The maximum Gasteiger partial charge on any atom is 0.263 e. The summed E-state index contributed by atoms with van der Waals surface area (Å²) in [5.41, 5.74) is 1.65. The van der Waals surface area contributed by atoms with Crippen molar-refractivity contribution >= 4 is 5.69 Å². The highest BCUT2D eigenvalue weighted by molar-refractivity contribution is 5.55. The van der Waals surface area contributed by atoms with Crippen molar-refractivity contribution in [2.45, 2.75) is 13.0 Å². The number of alkyl halides is 2. The molecule has 0 amide bonds. The first-order valence-electron chi connectivity index (χ1n) is 6.47. The molecule has 21 heavy (non-hydrogen) atoms. The topological polar surface area (TPSA) is 30.5 Å². The summed E-state index contributed by atoms with van der Waals surface area (Å²) in [6, 6.07) is 11.8. The van der Waals surface area contributed by atoms with Gasteiger partial charge in [-0.15, -0.1) is 0 Å². The lowest BCUT2D eigenvalue weighted by molar-refractivity contribution is 0.151. The molecule has 0 heterocycles. The van der Waals surface area contributed by atoms with E-state index in [0.717, 1.165) is 11.3 Å². The van der Waals surface area contributed by atoms with Crippen LogP contribution in [0.25, 0.3) is 0 Å². The molecule has 2 aromatic rings. The Balaban J connectivity index is 2.07. The zero-order chi connectivity index (χ0) is 15.2. The van der Waals surface area contributed by atoms with Gasteiger partial charge < -0.3 is 14.8 Å². The lowest BCUT2D eigenvalue weighted by atomic mass is 10.1. The van der Waals surface area contributed by atoms with Gasteiger partial charge in [0.2, 0.25) is 0 Å². The number of hydrogen-bond acceptors (Lipinski definition) is 3. The Morgan fingerprint density at radius 2 is 1.76 bits per heavy atom. The summed E-state index contributed by atoms with van der Waals surface area (Å²) in [4.78, 5) is 0. The van der Waals surface area contributed by atoms with E-state index in [1.807, 2.05) is 6.07 Å². The van der Waals surface area contributed by atoms with Crippen molar-refractivity contribution in [2.24, 2.45) is 0 Å². The van der Waals surface area contributed by atoms with Gasteiger partial charge in [0, 0.05) is 23.9 Å². The molecule has 0 spiro atoms. The molecule has 0 saturated carbocycles. The van der Waals surface area contributed by atoms with Gasteiger partial charge in [-0.05, 0) is 23.8 Å². The predicted octanol–water partition coefficient (Wildman–Crippen LogP) is 4.25. The van der Waals surface area contributed by atoms with E-state index in [1.54, 1.807) is 38.5 Å². The molecule has 2 aromatic carbocycles. The minimum absolute atomic E-state index is 0.0293. The largest absolute Gasteiger partial charge is 0.493 e. The van der Waals surface area contributed by atoms with Crippen LogP contribution in [0.3, 0.4) is 0 Å². The number of ether oxygens (including phenoxy) is 2. The van der Waals surface area contributed by atoms with E-state index in [1.165, 1.54) is 12.1 Å². The molecule has 0 aliphatic heterocycles. The van der Waals surface area contributed by atoms with Crippen molar-refractivity contribution in [3.8, 4) is 11.5 Å². The fourth-order valence-electron chi connectivity index (χ4n) is 1.99. The highest BCUT2D eigenvalue weighted by Crippen LogP contribution is 2.30. The van der Waals surface area contributed by atoms with E-state index in [9.17, 15) is 8.78 Å². The molecular weight excluding hydrogens is 276 g/mol. The summed E-state index contributed by atoms with van der Waals surface area (Å²) in [5, 5.41) is 3.17. The van der Waals surface area contributed by atoms with Crippen LogP contribution in [0, 0.1) is 0 Å². The Hall–Kier alpha value is -2.30. The molecule has 5 heteroatoms. The molecule has 0 bridgehead atoms. The van der Waals surface area contributed by atoms with Crippen molar-refractivity contribution in [3.63, 3.8) is 0 Å². The first kappa shape index (κ1) is 15.1. The quantitative estimate of drug-likeness (QED) is 0.863. The van der Waals surface area contributed by atoms with Gasteiger partial charge in [-0.1, -0.05) is 18.2 Å². The maximum absolute atomic E-state index is 12.6. The fourth-order valence-corrected chi connectivity index (χ4v) is 1.99. The minimum Gasteiger partial charge on any atom is -0.493 e. The second-order valence-electron chi connectivity index (χ2n) is 4.47. The van der Waals surface area contributed by atoms with Crippen molar-refractivity contribution in [1.29, 1.82) is 0 Å². The Morgan fingerprint density at radius 3 is 2.43 bits per heavy atom. The van der Waals surface area contributed by atoms with Crippen molar-refractivity contribution in [1.82, 2.24) is 0 Å². The SMILES string of the molecule is COc1ccc(NCc2cccc(C(F)F)c2)cc1OC. The number of anilines is 1. The van der Waals surface area contributed by atoms with Crippen LogP contribution >= 0.6 is 0 Å². The van der Waals surface area contributed by atoms with E-state index in [-0.39, 0.29) is 5.56 Å². The summed E-state index contributed by atoms with van der Waals surface area (Å²) in [7, 11) is 3.13. The molecular formula is C16H17F2NO2. The molecule has 1 N–H and O–H groups in total. The van der Waals surface area contributed by atoms with Crippen molar-refractivity contribution in [3.05, 3.63) is 53.6 Å². The average Bonchev–Trinajstić information content (AvgIpc) is 2.52. The highest BCUT2D eigenvalue weighted by Gasteiger charge is 2.07. The minimum atomic E-state index is -2.45. The van der Waals surface area contributed by atoms with Crippen molar-refractivity contribution in [2.75, 3.05) is 19.5 Å². The first-order valence-corrected chi connectivity index (χ1v) is 6.47. The summed E-state index contributed by atoms with van der Waals surface area (Å²) in [5.74, 6) is 1.26. The van der Waals surface area contributed by atoms with Gasteiger partial charge in [-0.2, -0.15) is 0 Å². The monoisotopic (exact) mass is 293 g/mol. The first-order chi connectivity index (χ1) is 10.1. The van der Waals surface area contributed by atoms with Crippen LogP contribution in [0.4, 0.5) is 14.5 Å². The number of rotatable bonds is 6. The highest BCUT2D eigenvalue weighted by atomic mass is 19.3. The molecule has 0 fully saturated rings. The Morgan fingerprint density at radius 1 is 1.00 bits per heavy atom. The lowest BCUT2D eigenvalue weighted by Crippen LogP contribution is -2.01. The molecule has 0 radical (unpaired) electrons. The maximum atomic E-state index is 12.6. The molecule has 2 rings (SSSR count). The van der Waals surface area contributed by atoms with Crippen LogP contribution in [0.15, 0.2) is 42.5 Å². The third-order valence-electron chi connectivity index (χ3n) is 3.08. The van der Waals surface area contributed by atoms with Gasteiger partial charge in [-0.25, -0.2) is 8.78 Å². The molecule has 0 saturated heterocycles. The number of methoxy groups -OCH3 is 2. The van der Waals surface area contributed by atoms with Crippen LogP contribution < -0.4 is 14.8 Å². The van der Waals surface area contributed by atoms with Gasteiger partial charge in [0.25, 0.3) is 6.43 Å². The van der Waals surface area contributed by atoms with Crippen molar-refractivity contribution < 1.29 is 18.3 Å². The number of benzene rings is 2. The van der Waals surface area contributed by atoms with E-state index < -0.39 is 6.43 Å². The van der Waals surface area contributed by atoms with Gasteiger partial charge in [-0.3, -0.25) is 0 Å². The normalized spacial score (nSPS) is 10.5. The van der Waals surface area contributed by atoms with Crippen LogP contribution in [0.2, 0.25) is 0 Å². The van der Waals surface area contributed by atoms with Crippen LogP contribution in [0.1, 0.15) is 17.6 Å². The van der Waals surface area contributed by atoms with Crippen LogP contribution in [-0.4, -0.2) is 14.2 Å². The van der Waals surface area contributed by atoms with Crippen LogP contribution in [0.5, 0.6) is 11.5 Å². The van der Waals surface area contributed by atoms with E-state index in [4.69, 9.17) is 9.47 Å². The number of hydrogen-bond donors (Lipinski definition) is 1. The molecule has 0 unspecified atom stereocenters. The lowest BCUT2D eigenvalue weighted by Gasteiger charge is -2.12. The average molecular weight is 293 g/mol. The van der Waals surface area contributed by atoms with Gasteiger partial charge in [0.15, 0.2) is 11.5 Å². The summed E-state index contributed by atoms with van der Waals surface area (Å²) in [6.07, 6.45) is -2.45. The molecule has 112 valence electrons. The van der Waals surface area contributed by atoms with Gasteiger partial charge in [0.1, 0.15) is 0 Å². The molecule has 0 aliphatic rings. The number of nitrogens with one attached hydrogen (secondary N) is 1. The Kier molecular flexibility index (Phi) is 4.98. The van der Waals surface area contributed by atoms with Gasteiger partial charge in [0.05, 0.1) is 14.2 Å². The third kappa shape index (κ3) is 3.84.